The Morgan fingerprint density at radius 2 is 1.71 bits per heavy atom. The molecule has 0 atom stereocenters. The van der Waals surface area contributed by atoms with E-state index in [9.17, 15) is 4.79 Å². The molecule has 1 saturated carbocycles. The van der Waals surface area contributed by atoms with Gasteiger partial charge in [0.2, 0.25) is 0 Å². The van der Waals surface area contributed by atoms with Crippen LogP contribution in [0.4, 0.5) is 0 Å². The van der Waals surface area contributed by atoms with E-state index in [1.165, 1.54) is 48.9 Å². The third kappa shape index (κ3) is 4.44. The van der Waals surface area contributed by atoms with Crippen molar-refractivity contribution in [1.29, 1.82) is 0 Å². The SMILES string of the molecule is Cn1c(C(=O)N2CCN(C3CCCCC3)CC2)cc2c1CCN(Cc1ccccc1)C2. The van der Waals surface area contributed by atoms with Crippen molar-refractivity contribution in [2.24, 2.45) is 7.05 Å². The molecule has 0 N–H and O–H groups in total. The Balaban J connectivity index is 1.22. The maximum atomic E-state index is 13.4. The molecule has 2 aromatic rings. The number of nitrogens with zero attached hydrogens (tertiary/aromatic N) is 4. The van der Waals surface area contributed by atoms with E-state index in [2.05, 4.69) is 62.7 Å². The van der Waals surface area contributed by atoms with Gasteiger partial charge in [-0.1, -0.05) is 49.6 Å². The van der Waals surface area contributed by atoms with Crippen LogP contribution in [0.1, 0.15) is 59.4 Å². The van der Waals surface area contributed by atoms with E-state index in [0.29, 0.717) is 0 Å². The Labute approximate surface area is 186 Å². The number of carbonyl (C=O) groups excluding carboxylic acids is 1. The summed E-state index contributed by atoms with van der Waals surface area (Å²) in [4.78, 5) is 20.6. The zero-order valence-electron chi connectivity index (χ0n) is 18.9. The lowest BCUT2D eigenvalue weighted by molar-refractivity contribution is 0.0515. The molecule has 0 bridgehead atoms. The molecule has 166 valence electrons. The average molecular weight is 421 g/mol. The number of carbonyl (C=O) groups is 1. The summed E-state index contributed by atoms with van der Waals surface area (Å²) in [6.45, 7) is 6.75. The second-order valence-corrected chi connectivity index (χ2v) is 9.63. The van der Waals surface area contributed by atoms with Gasteiger partial charge in [-0.3, -0.25) is 14.6 Å². The van der Waals surface area contributed by atoms with Crippen LogP contribution in [0.25, 0.3) is 0 Å². The molecule has 1 aromatic heterocycles. The van der Waals surface area contributed by atoms with Gasteiger partial charge in [-0.25, -0.2) is 0 Å². The topological polar surface area (TPSA) is 31.7 Å². The van der Waals surface area contributed by atoms with Gasteiger partial charge >= 0.3 is 0 Å². The third-order valence-corrected chi connectivity index (χ3v) is 7.67. The Morgan fingerprint density at radius 3 is 2.45 bits per heavy atom. The van der Waals surface area contributed by atoms with Crippen molar-refractivity contribution in [3.05, 3.63) is 58.9 Å². The number of fused-ring (bicyclic) bond motifs is 1. The van der Waals surface area contributed by atoms with Gasteiger partial charge < -0.3 is 9.47 Å². The highest BCUT2D eigenvalue weighted by Gasteiger charge is 2.30. The number of rotatable bonds is 4. The standard InChI is InChI=1S/C26H36N4O/c1-27-24-12-13-28(19-21-8-4-2-5-9-21)20-22(24)18-25(27)26(31)30-16-14-29(15-17-30)23-10-6-3-7-11-23/h2,4-5,8-9,18,23H,3,6-7,10-17,19-20H2,1H3. The van der Waals surface area contributed by atoms with Gasteiger partial charge in [0.05, 0.1) is 0 Å². The minimum absolute atomic E-state index is 0.217. The molecule has 5 nitrogen and oxygen atoms in total. The monoisotopic (exact) mass is 420 g/mol. The summed E-state index contributed by atoms with van der Waals surface area (Å²) in [6, 6.07) is 13.6. The summed E-state index contributed by atoms with van der Waals surface area (Å²) in [5, 5.41) is 0. The highest BCUT2D eigenvalue weighted by Crippen LogP contribution is 2.26. The molecule has 31 heavy (non-hydrogen) atoms. The summed E-state index contributed by atoms with van der Waals surface area (Å²) in [5.41, 5.74) is 4.90. The van der Waals surface area contributed by atoms with E-state index in [0.717, 1.165) is 64.0 Å². The van der Waals surface area contributed by atoms with Crippen molar-refractivity contribution in [2.45, 2.75) is 57.7 Å². The highest BCUT2D eigenvalue weighted by molar-refractivity contribution is 5.93. The van der Waals surface area contributed by atoms with Crippen molar-refractivity contribution in [3.63, 3.8) is 0 Å². The highest BCUT2D eigenvalue weighted by atomic mass is 16.2. The van der Waals surface area contributed by atoms with Crippen LogP contribution in [-0.4, -0.2) is 63.9 Å². The Morgan fingerprint density at radius 1 is 0.968 bits per heavy atom. The minimum Gasteiger partial charge on any atom is -0.343 e. The lowest BCUT2D eigenvalue weighted by Crippen LogP contribution is -2.52. The Kier molecular flexibility index (Phi) is 6.15. The van der Waals surface area contributed by atoms with Gasteiger partial charge in [0, 0.05) is 71.0 Å². The van der Waals surface area contributed by atoms with E-state index in [1.54, 1.807) is 0 Å². The maximum Gasteiger partial charge on any atom is 0.270 e. The number of amides is 1. The zero-order chi connectivity index (χ0) is 21.2. The Hall–Kier alpha value is -2.11. The van der Waals surface area contributed by atoms with Crippen LogP contribution < -0.4 is 0 Å². The summed E-state index contributed by atoms with van der Waals surface area (Å²) in [7, 11) is 2.08. The van der Waals surface area contributed by atoms with Gasteiger partial charge in [0.15, 0.2) is 0 Å². The minimum atomic E-state index is 0.217. The van der Waals surface area contributed by atoms with E-state index in [-0.39, 0.29) is 5.91 Å². The van der Waals surface area contributed by atoms with E-state index in [4.69, 9.17) is 0 Å². The molecule has 2 aliphatic heterocycles. The summed E-state index contributed by atoms with van der Waals surface area (Å²) >= 11 is 0. The van der Waals surface area contributed by atoms with Crippen LogP contribution in [0.15, 0.2) is 36.4 Å². The molecular weight excluding hydrogens is 384 g/mol. The molecule has 2 fully saturated rings. The lowest BCUT2D eigenvalue weighted by atomic mass is 9.94. The van der Waals surface area contributed by atoms with Gasteiger partial charge in [0.25, 0.3) is 5.91 Å². The second kappa shape index (κ2) is 9.17. The predicted molar refractivity (Wildman–Crippen MR) is 124 cm³/mol. The number of hydrogen-bond acceptors (Lipinski definition) is 3. The van der Waals surface area contributed by atoms with Crippen molar-refractivity contribution in [2.75, 3.05) is 32.7 Å². The van der Waals surface area contributed by atoms with Gasteiger partial charge in [0.1, 0.15) is 5.69 Å². The fraction of sp³-hybridized carbons (Fsp3) is 0.577. The molecule has 1 aliphatic carbocycles. The zero-order valence-corrected chi connectivity index (χ0v) is 18.9. The van der Waals surface area contributed by atoms with Crippen LogP contribution in [0.3, 0.4) is 0 Å². The first-order chi connectivity index (χ1) is 15.2. The fourth-order valence-electron chi connectivity index (χ4n) is 5.84. The molecule has 1 saturated heterocycles. The number of piperazine rings is 1. The predicted octanol–water partition coefficient (Wildman–Crippen LogP) is 3.67. The Bertz CT molecular complexity index is 892. The number of hydrogen-bond donors (Lipinski definition) is 0. The van der Waals surface area contributed by atoms with Crippen molar-refractivity contribution < 1.29 is 4.79 Å². The summed E-state index contributed by atoms with van der Waals surface area (Å²) < 4.78 is 2.17. The molecule has 0 spiro atoms. The molecule has 0 radical (unpaired) electrons. The van der Waals surface area contributed by atoms with Crippen molar-refractivity contribution in [3.8, 4) is 0 Å². The van der Waals surface area contributed by atoms with E-state index >= 15 is 0 Å². The molecule has 0 unspecified atom stereocenters. The van der Waals surface area contributed by atoms with Crippen molar-refractivity contribution >= 4 is 5.91 Å². The van der Waals surface area contributed by atoms with E-state index < -0.39 is 0 Å². The molecule has 5 rings (SSSR count). The first-order valence-corrected chi connectivity index (χ1v) is 12.2. The smallest absolute Gasteiger partial charge is 0.270 e. The molecule has 3 aliphatic rings. The molecule has 3 heterocycles. The van der Waals surface area contributed by atoms with Crippen LogP contribution in [0.5, 0.6) is 0 Å². The van der Waals surface area contributed by atoms with Gasteiger partial charge in [-0.15, -0.1) is 0 Å². The van der Waals surface area contributed by atoms with Gasteiger partial charge in [-0.2, -0.15) is 0 Å². The quantitative estimate of drug-likeness (QED) is 0.756. The summed E-state index contributed by atoms with van der Waals surface area (Å²) in [5.74, 6) is 0.217. The third-order valence-electron chi connectivity index (χ3n) is 7.67. The normalized spacial score (nSPS) is 21.3. The first-order valence-electron chi connectivity index (χ1n) is 12.2. The van der Waals surface area contributed by atoms with Crippen molar-refractivity contribution in [1.82, 2.24) is 19.3 Å². The van der Waals surface area contributed by atoms with Crippen LogP contribution >= 0.6 is 0 Å². The molecule has 5 heteroatoms. The summed E-state index contributed by atoms with van der Waals surface area (Å²) in [6.07, 6.45) is 7.85. The second-order valence-electron chi connectivity index (χ2n) is 9.63. The van der Waals surface area contributed by atoms with Crippen LogP contribution in [-0.2, 0) is 26.6 Å². The molecule has 1 amide bonds. The van der Waals surface area contributed by atoms with E-state index in [1.807, 2.05) is 0 Å². The van der Waals surface area contributed by atoms with Crippen LogP contribution in [0, 0.1) is 0 Å². The lowest BCUT2D eigenvalue weighted by Gasteiger charge is -2.40. The van der Waals surface area contributed by atoms with Gasteiger partial charge in [-0.05, 0) is 30.0 Å². The van der Waals surface area contributed by atoms with Crippen LogP contribution in [0.2, 0.25) is 0 Å². The number of benzene rings is 1. The average Bonchev–Trinajstić information content (AvgIpc) is 3.15. The number of aromatic nitrogens is 1. The largest absolute Gasteiger partial charge is 0.343 e. The first kappa shape index (κ1) is 20.8. The fourth-order valence-corrected chi connectivity index (χ4v) is 5.84. The maximum absolute atomic E-state index is 13.4. The molecule has 1 aromatic carbocycles. The molecular formula is C26H36N4O.